The van der Waals surface area contributed by atoms with Crippen LogP contribution < -0.4 is 0 Å². The Labute approximate surface area is 88.0 Å². The van der Waals surface area contributed by atoms with Gasteiger partial charge in [0.05, 0.1) is 23.1 Å². The number of Topliss-reactive ketones (excluding diaryl/α,β-unsaturated/α-hetero) is 1. The summed E-state index contributed by atoms with van der Waals surface area (Å²) in [4.78, 5) is 19.8. The fourth-order valence-corrected chi connectivity index (χ4v) is 1.62. The SMILES string of the molecule is CC(=O)C(C)c1nc2ccncc2n1C. The summed E-state index contributed by atoms with van der Waals surface area (Å²) in [5.41, 5.74) is 1.84. The smallest absolute Gasteiger partial charge is 0.140 e. The van der Waals surface area contributed by atoms with Crippen molar-refractivity contribution in [3.05, 3.63) is 24.3 Å². The molecule has 0 aliphatic heterocycles. The molecule has 0 spiro atoms. The molecule has 0 N–H and O–H groups in total. The Balaban J connectivity index is 2.63. The minimum absolute atomic E-state index is 0.126. The van der Waals surface area contributed by atoms with Gasteiger partial charge < -0.3 is 4.57 Å². The molecule has 78 valence electrons. The van der Waals surface area contributed by atoms with Crippen molar-refractivity contribution in [2.45, 2.75) is 19.8 Å². The van der Waals surface area contributed by atoms with Crippen molar-refractivity contribution in [1.82, 2.24) is 14.5 Å². The van der Waals surface area contributed by atoms with Crippen LogP contribution in [0.5, 0.6) is 0 Å². The average Bonchev–Trinajstić information content (AvgIpc) is 2.56. The van der Waals surface area contributed by atoms with Crippen molar-refractivity contribution >= 4 is 16.8 Å². The largest absolute Gasteiger partial charge is 0.329 e. The highest BCUT2D eigenvalue weighted by molar-refractivity contribution is 5.84. The molecular weight excluding hydrogens is 190 g/mol. The maximum Gasteiger partial charge on any atom is 0.140 e. The number of rotatable bonds is 2. The van der Waals surface area contributed by atoms with Crippen LogP contribution in [0.15, 0.2) is 18.5 Å². The van der Waals surface area contributed by atoms with Gasteiger partial charge in [-0.15, -0.1) is 0 Å². The van der Waals surface area contributed by atoms with E-state index in [2.05, 4.69) is 9.97 Å². The molecule has 4 heteroatoms. The van der Waals surface area contributed by atoms with E-state index in [-0.39, 0.29) is 11.7 Å². The Bertz CT molecular complexity index is 516. The first-order valence-electron chi connectivity index (χ1n) is 4.88. The number of fused-ring (bicyclic) bond motifs is 1. The Morgan fingerprint density at radius 2 is 2.27 bits per heavy atom. The second-order valence-corrected chi connectivity index (χ2v) is 3.73. The topological polar surface area (TPSA) is 47.8 Å². The van der Waals surface area contributed by atoms with E-state index in [1.807, 2.05) is 24.6 Å². The van der Waals surface area contributed by atoms with E-state index >= 15 is 0 Å². The molecular formula is C11H13N3O. The van der Waals surface area contributed by atoms with Crippen LogP contribution in [-0.4, -0.2) is 20.3 Å². The summed E-state index contributed by atoms with van der Waals surface area (Å²) >= 11 is 0. The first kappa shape index (κ1) is 9.83. The maximum absolute atomic E-state index is 11.3. The molecule has 0 aliphatic rings. The highest BCUT2D eigenvalue weighted by Gasteiger charge is 2.17. The standard InChI is InChI=1S/C11H13N3O/c1-7(8(2)15)11-13-9-4-5-12-6-10(9)14(11)3/h4-7H,1-3H3. The summed E-state index contributed by atoms with van der Waals surface area (Å²) in [5, 5.41) is 0. The molecule has 0 fully saturated rings. The van der Waals surface area contributed by atoms with E-state index in [9.17, 15) is 4.79 Å². The van der Waals surface area contributed by atoms with Gasteiger partial charge in [-0.05, 0) is 19.9 Å². The van der Waals surface area contributed by atoms with Crippen LogP contribution in [0.1, 0.15) is 25.6 Å². The van der Waals surface area contributed by atoms with Gasteiger partial charge >= 0.3 is 0 Å². The second-order valence-electron chi connectivity index (χ2n) is 3.73. The van der Waals surface area contributed by atoms with Gasteiger partial charge in [0.2, 0.25) is 0 Å². The molecule has 0 aromatic carbocycles. The zero-order chi connectivity index (χ0) is 11.0. The van der Waals surface area contributed by atoms with Crippen molar-refractivity contribution in [1.29, 1.82) is 0 Å². The predicted octanol–water partition coefficient (Wildman–Crippen LogP) is 1.66. The van der Waals surface area contributed by atoms with Gasteiger partial charge in [-0.3, -0.25) is 9.78 Å². The molecule has 1 atom stereocenters. The molecule has 0 aliphatic carbocycles. The van der Waals surface area contributed by atoms with E-state index < -0.39 is 0 Å². The quantitative estimate of drug-likeness (QED) is 0.745. The van der Waals surface area contributed by atoms with Gasteiger partial charge in [-0.1, -0.05) is 0 Å². The average molecular weight is 203 g/mol. The van der Waals surface area contributed by atoms with Gasteiger partial charge in [0, 0.05) is 13.2 Å². The molecule has 1 unspecified atom stereocenters. The zero-order valence-corrected chi connectivity index (χ0v) is 9.06. The summed E-state index contributed by atoms with van der Waals surface area (Å²) in [6.07, 6.45) is 3.47. The number of hydrogen-bond donors (Lipinski definition) is 0. The van der Waals surface area contributed by atoms with Crippen molar-refractivity contribution < 1.29 is 4.79 Å². The van der Waals surface area contributed by atoms with Crippen LogP contribution >= 0.6 is 0 Å². The van der Waals surface area contributed by atoms with Crippen molar-refractivity contribution in [2.75, 3.05) is 0 Å². The van der Waals surface area contributed by atoms with Crippen LogP contribution in [0.4, 0.5) is 0 Å². The zero-order valence-electron chi connectivity index (χ0n) is 9.06. The molecule has 2 rings (SSSR count). The summed E-state index contributed by atoms with van der Waals surface area (Å²) < 4.78 is 1.92. The van der Waals surface area contributed by atoms with Crippen molar-refractivity contribution in [3.8, 4) is 0 Å². The third-order valence-electron chi connectivity index (χ3n) is 2.71. The highest BCUT2D eigenvalue weighted by atomic mass is 16.1. The monoisotopic (exact) mass is 203 g/mol. The molecule has 0 saturated carbocycles. The lowest BCUT2D eigenvalue weighted by Crippen LogP contribution is -2.10. The highest BCUT2D eigenvalue weighted by Crippen LogP contribution is 2.20. The molecule has 0 radical (unpaired) electrons. The number of aryl methyl sites for hydroxylation is 1. The fourth-order valence-electron chi connectivity index (χ4n) is 1.62. The van der Waals surface area contributed by atoms with Crippen LogP contribution in [0.25, 0.3) is 11.0 Å². The van der Waals surface area contributed by atoms with E-state index in [4.69, 9.17) is 0 Å². The number of aromatic nitrogens is 3. The third kappa shape index (κ3) is 1.52. The summed E-state index contributed by atoms with van der Waals surface area (Å²) in [7, 11) is 1.91. The van der Waals surface area contributed by atoms with Crippen LogP contribution in [0.3, 0.4) is 0 Å². The molecule has 15 heavy (non-hydrogen) atoms. The van der Waals surface area contributed by atoms with Crippen molar-refractivity contribution in [2.24, 2.45) is 7.05 Å². The lowest BCUT2D eigenvalue weighted by molar-refractivity contribution is -0.118. The Kier molecular flexibility index (Phi) is 2.26. The number of pyridine rings is 1. The minimum atomic E-state index is -0.164. The fraction of sp³-hybridized carbons (Fsp3) is 0.364. The van der Waals surface area contributed by atoms with E-state index in [1.54, 1.807) is 19.3 Å². The number of nitrogens with zero attached hydrogens (tertiary/aromatic N) is 3. The molecule has 4 nitrogen and oxygen atoms in total. The Hall–Kier alpha value is -1.71. The molecule has 2 aromatic rings. The van der Waals surface area contributed by atoms with Gasteiger partial charge in [-0.2, -0.15) is 0 Å². The number of carbonyl (C=O) groups excluding carboxylic acids is 1. The predicted molar refractivity (Wildman–Crippen MR) is 57.6 cm³/mol. The van der Waals surface area contributed by atoms with Gasteiger partial charge in [0.25, 0.3) is 0 Å². The van der Waals surface area contributed by atoms with Gasteiger partial charge in [0.15, 0.2) is 0 Å². The Morgan fingerprint density at radius 3 is 2.87 bits per heavy atom. The number of imidazole rings is 1. The lowest BCUT2D eigenvalue weighted by Gasteiger charge is -2.06. The first-order chi connectivity index (χ1) is 7.11. The van der Waals surface area contributed by atoms with Crippen LogP contribution in [-0.2, 0) is 11.8 Å². The number of hydrogen-bond acceptors (Lipinski definition) is 3. The molecule has 0 amide bonds. The minimum Gasteiger partial charge on any atom is -0.329 e. The summed E-state index contributed by atoms with van der Waals surface area (Å²) in [6.45, 7) is 3.46. The lowest BCUT2D eigenvalue weighted by atomic mass is 10.1. The Morgan fingerprint density at radius 1 is 1.53 bits per heavy atom. The van der Waals surface area contributed by atoms with Gasteiger partial charge in [0.1, 0.15) is 11.6 Å². The maximum atomic E-state index is 11.3. The van der Waals surface area contributed by atoms with Crippen LogP contribution in [0.2, 0.25) is 0 Å². The van der Waals surface area contributed by atoms with Gasteiger partial charge in [-0.25, -0.2) is 4.98 Å². The molecule has 0 saturated heterocycles. The van der Waals surface area contributed by atoms with Crippen molar-refractivity contribution in [3.63, 3.8) is 0 Å². The molecule has 0 bridgehead atoms. The van der Waals surface area contributed by atoms with Crippen LogP contribution in [0, 0.1) is 0 Å². The third-order valence-corrected chi connectivity index (χ3v) is 2.71. The molecule has 2 aromatic heterocycles. The summed E-state index contributed by atoms with van der Waals surface area (Å²) in [5.74, 6) is 0.759. The second kappa shape index (κ2) is 3.46. The number of ketones is 1. The molecule has 2 heterocycles. The number of carbonyl (C=O) groups is 1. The van der Waals surface area contributed by atoms with E-state index in [0.29, 0.717) is 0 Å². The normalized spacial score (nSPS) is 13.0. The van der Waals surface area contributed by atoms with E-state index in [1.165, 1.54) is 0 Å². The first-order valence-corrected chi connectivity index (χ1v) is 4.88. The van der Waals surface area contributed by atoms with E-state index in [0.717, 1.165) is 16.9 Å². The summed E-state index contributed by atoms with van der Waals surface area (Å²) in [6, 6.07) is 1.85.